The zero-order valence-corrected chi connectivity index (χ0v) is 12.6. The van der Waals surface area contributed by atoms with Gasteiger partial charge in [0.25, 0.3) is 0 Å². The Hall–Kier alpha value is -1.31. The molecule has 0 unspecified atom stereocenters. The van der Waals surface area contributed by atoms with Gasteiger partial charge in [-0.2, -0.15) is 0 Å². The molecule has 0 aliphatic carbocycles. The van der Waals surface area contributed by atoms with Gasteiger partial charge < -0.3 is 0 Å². The minimum absolute atomic E-state index is 0.0586. The maximum Gasteiger partial charge on any atom is 0.195 e. The summed E-state index contributed by atoms with van der Waals surface area (Å²) in [6.07, 6.45) is 0. The highest BCUT2D eigenvalue weighted by molar-refractivity contribution is 6.37. The summed E-state index contributed by atoms with van der Waals surface area (Å²) < 4.78 is 0. The average molecular weight is 293 g/mol. The maximum atomic E-state index is 12.6. The van der Waals surface area contributed by atoms with Crippen molar-refractivity contribution in [3.8, 4) is 0 Å². The SMILES string of the molecule is Cc1cc(C)c(C(=O)c2ccc(Cl)cc2Cl)c(C)c1. The molecule has 3 heteroatoms. The molecule has 1 nitrogen and oxygen atoms in total. The smallest absolute Gasteiger partial charge is 0.195 e. The molecule has 0 aliphatic rings. The second kappa shape index (κ2) is 5.36. The molecule has 0 saturated carbocycles. The molecule has 0 bridgehead atoms. The van der Waals surface area contributed by atoms with Crippen molar-refractivity contribution in [2.75, 3.05) is 0 Å². The van der Waals surface area contributed by atoms with Crippen LogP contribution in [0, 0.1) is 20.8 Å². The van der Waals surface area contributed by atoms with Crippen LogP contribution in [0.3, 0.4) is 0 Å². The fourth-order valence-corrected chi connectivity index (χ4v) is 2.84. The normalized spacial score (nSPS) is 10.6. The number of ketones is 1. The monoisotopic (exact) mass is 292 g/mol. The lowest BCUT2D eigenvalue weighted by Crippen LogP contribution is -2.07. The number of hydrogen-bond donors (Lipinski definition) is 0. The lowest BCUT2D eigenvalue weighted by atomic mass is 9.93. The maximum absolute atomic E-state index is 12.6. The number of carbonyl (C=O) groups is 1. The first kappa shape index (κ1) is 14.1. The van der Waals surface area contributed by atoms with E-state index in [9.17, 15) is 4.79 Å². The Morgan fingerprint density at radius 1 is 0.947 bits per heavy atom. The van der Waals surface area contributed by atoms with Crippen LogP contribution in [0.2, 0.25) is 10.0 Å². The third-order valence-corrected chi connectivity index (χ3v) is 3.63. The highest BCUT2D eigenvalue weighted by Crippen LogP contribution is 2.26. The van der Waals surface area contributed by atoms with E-state index < -0.39 is 0 Å². The molecule has 2 rings (SSSR count). The van der Waals surface area contributed by atoms with Crippen LogP contribution in [0.15, 0.2) is 30.3 Å². The van der Waals surface area contributed by atoms with Crippen molar-refractivity contribution in [1.82, 2.24) is 0 Å². The van der Waals surface area contributed by atoms with Crippen molar-refractivity contribution >= 4 is 29.0 Å². The van der Waals surface area contributed by atoms with E-state index in [2.05, 4.69) is 0 Å². The van der Waals surface area contributed by atoms with Gasteiger partial charge in [0.15, 0.2) is 5.78 Å². The van der Waals surface area contributed by atoms with E-state index in [1.807, 2.05) is 32.9 Å². The molecular weight excluding hydrogens is 279 g/mol. The minimum atomic E-state index is -0.0586. The van der Waals surface area contributed by atoms with Crippen molar-refractivity contribution in [2.24, 2.45) is 0 Å². The van der Waals surface area contributed by atoms with Crippen molar-refractivity contribution in [1.29, 1.82) is 0 Å². The number of halogens is 2. The van der Waals surface area contributed by atoms with E-state index in [0.29, 0.717) is 15.6 Å². The summed E-state index contributed by atoms with van der Waals surface area (Å²) in [5, 5.41) is 0.913. The molecule has 0 N–H and O–H groups in total. The molecular formula is C16H14Cl2O. The van der Waals surface area contributed by atoms with Crippen molar-refractivity contribution in [2.45, 2.75) is 20.8 Å². The van der Waals surface area contributed by atoms with E-state index in [0.717, 1.165) is 22.3 Å². The van der Waals surface area contributed by atoms with Crippen LogP contribution in [0.4, 0.5) is 0 Å². The quantitative estimate of drug-likeness (QED) is 0.700. The summed E-state index contributed by atoms with van der Waals surface area (Å²) in [7, 11) is 0. The largest absolute Gasteiger partial charge is 0.289 e. The molecule has 0 atom stereocenters. The first-order chi connectivity index (χ1) is 8.90. The highest BCUT2D eigenvalue weighted by Gasteiger charge is 2.17. The highest BCUT2D eigenvalue weighted by atomic mass is 35.5. The van der Waals surface area contributed by atoms with Gasteiger partial charge in [0.1, 0.15) is 0 Å². The molecule has 0 fully saturated rings. The summed E-state index contributed by atoms with van der Waals surface area (Å²) in [4.78, 5) is 12.6. The van der Waals surface area contributed by atoms with Gasteiger partial charge in [0.2, 0.25) is 0 Å². The molecule has 0 radical (unpaired) electrons. The number of benzene rings is 2. The number of carbonyl (C=O) groups excluding carboxylic acids is 1. The van der Waals surface area contributed by atoms with Gasteiger partial charge in [-0.25, -0.2) is 0 Å². The van der Waals surface area contributed by atoms with Gasteiger partial charge in [-0.05, 0) is 50.1 Å². The van der Waals surface area contributed by atoms with Gasteiger partial charge in [0, 0.05) is 16.1 Å². The van der Waals surface area contributed by atoms with E-state index in [4.69, 9.17) is 23.2 Å². The van der Waals surface area contributed by atoms with Crippen molar-refractivity contribution in [3.05, 3.63) is 68.2 Å². The molecule has 19 heavy (non-hydrogen) atoms. The van der Waals surface area contributed by atoms with Crippen LogP contribution in [-0.4, -0.2) is 5.78 Å². The van der Waals surface area contributed by atoms with Gasteiger partial charge in [0.05, 0.1) is 5.02 Å². The topological polar surface area (TPSA) is 17.1 Å². The first-order valence-corrected chi connectivity index (χ1v) is 6.73. The van der Waals surface area contributed by atoms with E-state index in [1.165, 1.54) is 0 Å². The third kappa shape index (κ3) is 2.83. The van der Waals surface area contributed by atoms with Crippen LogP contribution in [0.5, 0.6) is 0 Å². The number of rotatable bonds is 2. The molecule has 2 aromatic carbocycles. The summed E-state index contributed by atoms with van der Waals surface area (Å²) in [6, 6.07) is 8.95. The minimum Gasteiger partial charge on any atom is -0.289 e. The molecule has 98 valence electrons. The second-order valence-electron chi connectivity index (χ2n) is 4.73. The molecule has 0 heterocycles. The molecule has 0 aliphatic heterocycles. The lowest BCUT2D eigenvalue weighted by Gasteiger charge is -2.11. The Bertz CT molecular complexity index is 637. The Balaban J connectivity index is 2.56. The van der Waals surface area contributed by atoms with Crippen LogP contribution in [-0.2, 0) is 0 Å². The summed E-state index contributed by atoms with van der Waals surface area (Å²) >= 11 is 12.0. The molecule has 0 saturated heterocycles. The molecule has 0 aromatic heterocycles. The summed E-state index contributed by atoms with van der Waals surface area (Å²) in [5.74, 6) is -0.0586. The van der Waals surface area contributed by atoms with E-state index in [-0.39, 0.29) is 5.78 Å². The predicted molar refractivity (Wildman–Crippen MR) is 80.5 cm³/mol. The van der Waals surface area contributed by atoms with Crippen LogP contribution < -0.4 is 0 Å². The Morgan fingerprint density at radius 3 is 2.05 bits per heavy atom. The van der Waals surface area contributed by atoms with Gasteiger partial charge in [-0.1, -0.05) is 40.9 Å². The van der Waals surface area contributed by atoms with E-state index in [1.54, 1.807) is 18.2 Å². The van der Waals surface area contributed by atoms with Crippen LogP contribution in [0.25, 0.3) is 0 Å². The standard InChI is InChI=1S/C16H14Cl2O/c1-9-6-10(2)15(11(3)7-9)16(19)13-5-4-12(17)8-14(13)18/h4-8H,1-3H3. The lowest BCUT2D eigenvalue weighted by molar-refractivity contribution is 0.103. The number of aryl methyl sites for hydroxylation is 3. The van der Waals surface area contributed by atoms with Crippen molar-refractivity contribution < 1.29 is 4.79 Å². The second-order valence-corrected chi connectivity index (χ2v) is 5.57. The van der Waals surface area contributed by atoms with Crippen LogP contribution >= 0.6 is 23.2 Å². The van der Waals surface area contributed by atoms with Crippen LogP contribution in [0.1, 0.15) is 32.6 Å². The Morgan fingerprint density at radius 2 is 1.53 bits per heavy atom. The predicted octanol–water partition coefficient (Wildman–Crippen LogP) is 5.15. The van der Waals surface area contributed by atoms with Gasteiger partial charge in [-0.3, -0.25) is 4.79 Å². The summed E-state index contributed by atoms with van der Waals surface area (Å²) in [6.45, 7) is 5.90. The first-order valence-electron chi connectivity index (χ1n) is 5.97. The Labute approximate surface area is 123 Å². The fraction of sp³-hybridized carbons (Fsp3) is 0.188. The molecule has 0 amide bonds. The fourth-order valence-electron chi connectivity index (χ4n) is 2.35. The third-order valence-electron chi connectivity index (χ3n) is 3.08. The van der Waals surface area contributed by atoms with Crippen molar-refractivity contribution in [3.63, 3.8) is 0 Å². The van der Waals surface area contributed by atoms with Gasteiger partial charge in [-0.15, -0.1) is 0 Å². The van der Waals surface area contributed by atoms with Gasteiger partial charge >= 0.3 is 0 Å². The zero-order chi connectivity index (χ0) is 14.2. The molecule has 0 spiro atoms. The number of hydrogen-bond acceptors (Lipinski definition) is 1. The Kier molecular flexibility index (Phi) is 3.98. The molecule has 2 aromatic rings. The van der Waals surface area contributed by atoms with E-state index >= 15 is 0 Å². The zero-order valence-electron chi connectivity index (χ0n) is 11.1. The summed E-state index contributed by atoms with van der Waals surface area (Å²) in [5.41, 5.74) is 4.28. The average Bonchev–Trinajstić information content (AvgIpc) is 2.26.